The smallest absolute Gasteiger partial charge is 0.414 e. The molecular formula is C23H26N4O8. The summed E-state index contributed by atoms with van der Waals surface area (Å²) in [5.41, 5.74) is 3.00. The van der Waals surface area contributed by atoms with Crippen LogP contribution in [0.25, 0.3) is 11.3 Å². The number of hydrogen-bond acceptors (Lipinski definition) is 8. The molecule has 0 bridgehead atoms. The number of nitro benzene ring substituents is 1. The Kier molecular flexibility index (Phi) is 10.2. The van der Waals surface area contributed by atoms with Crippen molar-refractivity contribution < 1.29 is 34.2 Å². The number of benzene rings is 2. The summed E-state index contributed by atoms with van der Waals surface area (Å²) in [6.07, 6.45) is 1.82. The molecule has 0 spiro atoms. The Hall–Kier alpha value is -4.45. The number of hydrogen-bond donors (Lipinski definition) is 3. The molecule has 12 heteroatoms. The maximum atomic E-state index is 10.8. The fourth-order valence-electron chi connectivity index (χ4n) is 2.96. The molecule has 12 nitrogen and oxygen atoms in total. The summed E-state index contributed by atoms with van der Waals surface area (Å²) in [7, 11) is 1.66. The van der Waals surface area contributed by atoms with Gasteiger partial charge in [0.25, 0.3) is 5.69 Å². The molecule has 0 saturated heterocycles. The number of carboxylic acid groups (broad SMARTS) is 2. The van der Waals surface area contributed by atoms with E-state index in [0.717, 1.165) is 22.6 Å². The topological polar surface area (TPSA) is 166 Å². The van der Waals surface area contributed by atoms with Gasteiger partial charge in [-0.25, -0.2) is 14.6 Å². The van der Waals surface area contributed by atoms with Crippen LogP contribution in [0.15, 0.2) is 54.7 Å². The van der Waals surface area contributed by atoms with Gasteiger partial charge in [-0.05, 0) is 36.8 Å². The molecule has 1 aromatic heterocycles. The van der Waals surface area contributed by atoms with E-state index in [-0.39, 0.29) is 5.69 Å². The lowest BCUT2D eigenvalue weighted by Gasteiger charge is -2.13. The molecular weight excluding hydrogens is 460 g/mol. The highest BCUT2D eigenvalue weighted by atomic mass is 16.6. The van der Waals surface area contributed by atoms with Crippen molar-refractivity contribution in [2.75, 3.05) is 25.6 Å². The van der Waals surface area contributed by atoms with Gasteiger partial charge in [-0.3, -0.25) is 10.1 Å². The Balaban J connectivity index is 0.000000641. The summed E-state index contributed by atoms with van der Waals surface area (Å²) in [5.74, 6) is -2.11. The van der Waals surface area contributed by atoms with Gasteiger partial charge < -0.3 is 29.6 Å². The highest BCUT2D eigenvalue weighted by Gasteiger charge is 2.12. The standard InChI is InChI=1S/C21H24N4O4.C2H2O4/c1-3-29-19-10-6-17(7-11-19)20-15-23-21(24(20)12-13-28-2)22-14-16-4-8-18(9-5-16)25(26)27;3-1(4)2(5)6/h4-11,15H,3,12-14H2,1-2H3,(H,22,23);(H,3,4)(H,5,6). The summed E-state index contributed by atoms with van der Waals surface area (Å²) in [6, 6.07) is 14.4. The first-order chi connectivity index (χ1) is 16.8. The molecule has 0 unspecified atom stereocenters. The largest absolute Gasteiger partial charge is 0.494 e. The number of aliphatic carboxylic acids is 2. The van der Waals surface area contributed by atoms with Crippen molar-refractivity contribution in [1.82, 2.24) is 9.55 Å². The minimum atomic E-state index is -1.82. The van der Waals surface area contributed by atoms with Crippen LogP contribution in [0, 0.1) is 10.1 Å². The van der Waals surface area contributed by atoms with Gasteiger partial charge in [0, 0.05) is 37.9 Å². The first-order valence-corrected chi connectivity index (χ1v) is 10.5. The third-order valence-electron chi connectivity index (χ3n) is 4.62. The number of nitrogens with one attached hydrogen (secondary N) is 1. The van der Waals surface area contributed by atoms with Crippen molar-refractivity contribution in [2.24, 2.45) is 0 Å². The number of aromatic nitrogens is 2. The van der Waals surface area contributed by atoms with Gasteiger partial charge in [0.05, 0.1) is 30.0 Å². The van der Waals surface area contributed by atoms with Crippen molar-refractivity contribution in [1.29, 1.82) is 0 Å². The second kappa shape index (κ2) is 13.3. The van der Waals surface area contributed by atoms with E-state index in [1.807, 2.05) is 37.4 Å². The summed E-state index contributed by atoms with van der Waals surface area (Å²) in [5, 5.41) is 28.9. The van der Waals surface area contributed by atoms with Gasteiger partial charge in [-0.15, -0.1) is 0 Å². The first-order valence-electron chi connectivity index (χ1n) is 10.5. The van der Waals surface area contributed by atoms with Crippen LogP contribution in [-0.4, -0.2) is 56.9 Å². The predicted octanol–water partition coefficient (Wildman–Crippen LogP) is 3.27. The van der Waals surface area contributed by atoms with Gasteiger partial charge in [0.2, 0.25) is 5.95 Å². The second-order valence-electron chi connectivity index (χ2n) is 6.96. The molecule has 0 radical (unpaired) electrons. The number of carbonyl (C=O) groups is 2. The third kappa shape index (κ3) is 8.12. The zero-order chi connectivity index (χ0) is 25.8. The van der Waals surface area contributed by atoms with Crippen molar-refractivity contribution in [3.8, 4) is 17.0 Å². The molecule has 1 heterocycles. The molecule has 35 heavy (non-hydrogen) atoms. The average molecular weight is 486 g/mol. The van der Waals surface area contributed by atoms with Gasteiger partial charge in [-0.2, -0.15) is 0 Å². The highest BCUT2D eigenvalue weighted by molar-refractivity contribution is 6.27. The van der Waals surface area contributed by atoms with Gasteiger partial charge >= 0.3 is 11.9 Å². The maximum absolute atomic E-state index is 10.8. The Labute approximate surface area is 200 Å². The van der Waals surface area contributed by atoms with Crippen LogP contribution in [0.4, 0.5) is 11.6 Å². The third-order valence-corrected chi connectivity index (χ3v) is 4.62. The highest BCUT2D eigenvalue weighted by Crippen LogP contribution is 2.26. The fourth-order valence-corrected chi connectivity index (χ4v) is 2.96. The van der Waals surface area contributed by atoms with Crippen molar-refractivity contribution in [3.05, 3.63) is 70.4 Å². The molecule has 2 aromatic carbocycles. The Morgan fingerprint density at radius 2 is 1.71 bits per heavy atom. The molecule has 3 aromatic rings. The van der Waals surface area contributed by atoms with Crippen molar-refractivity contribution in [2.45, 2.75) is 20.0 Å². The van der Waals surface area contributed by atoms with Gasteiger partial charge in [0.15, 0.2) is 0 Å². The maximum Gasteiger partial charge on any atom is 0.414 e. The molecule has 0 aliphatic carbocycles. The summed E-state index contributed by atoms with van der Waals surface area (Å²) >= 11 is 0. The lowest BCUT2D eigenvalue weighted by Crippen LogP contribution is -2.11. The number of ether oxygens (including phenoxy) is 2. The number of rotatable bonds is 10. The molecule has 3 rings (SSSR count). The van der Waals surface area contributed by atoms with Crippen LogP contribution >= 0.6 is 0 Å². The number of non-ortho nitro benzene ring substituents is 1. The Morgan fingerprint density at radius 1 is 1.09 bits per heavy atom. The van der Waals surface area contributed by atoms with E-state index in [9.17, 15) is 10.1 Å². The zero-order valence-corrected chi connectivity index (χ0v) is 19.2. The van der Waals surface area contributed by atoms with Gasteiger partial charge in [-0.1, -0.05) is 12.1 Å². The van der Waals surface area contributed by atoms with Crippen molar-refractivity contribution in [3.63, 3.8) is 0 Å². The molecule has 0 amide bonds. The van der Waals surface area contributed by atoms with Crippen LogP contribution in [0.3, 0.4) is 0 Å². The summed E-state index contributed by atoms with van der Waals surface area (Å²) < 4.78 is 12.8. The monoisotopic (exact) mass is 486 g/mol. The number of nitro groups is 1. The Morgan fingerprint density at radius 3 is 2.23 bits per heavy atom. The van der Waals surface area contributed by atoms with Crippen LogP contribution < -0.4 is 10.1 Å². The molecule has 0 fully saturated rings. The second-order valence-corrected chi connectivity index (χ2v) is 6.96. The summed E-state index contributed by atoms with van der Waals surface area (Å²) in [4.78, 5) is 33.1. The zero-order valence-electron chi connectivity index (χ0n) is 19.2. The minimum Gasteiger partial charge on any atom is -0.494 e. The number of imidazole rings is 1. The molecule has 0 saturated carbocycles. The lowest BCUT2D eigenvalue weighted by molar-refractivity contribution is -0.384. The minimum absolute atomic E-state index is 0.0770. The molecule has 0 aliphatic heterocycles. The van der Waals surface area contributed by atoms with Crippen LogP contribution in [-0.2, 0) is 27.4 Å². The number of anilines is 1. The van der Waals surface area contributed by atoms with E-state index >= 15 is 0 Å². The number of nitrogens with zero attached hydrogens (tertiary/aromatic N) is 3. The normalized spacial score (nSPS) is 10.1. The van der Waals surface area contributed by atoms with E-state index in [1.165, 1.54) is 12.1 Å². The average Bonchev–Trinajstić information content (AvgIpc) is 3.25. The number of methoxy groups -OCH3 is 1. The SMILES string of the molecule is CCOc1ccc(-c2cnc(NCc3ccc([N+](=O)[O-])cc3)n2CCOC)cc1.O=C(O)C(=O)O. The van der Waals surface area contributed by atoms with E-state index in [1.54, 1.807) is 19.2 Å². The first kappa shape index (κ1) is 26.8. The van der Waals surface area contributed by atoms with Crippen molar-refractivity contribution >= 4 is 23.6 Å². The van der Waals surface area contributed by atoms with Crippen LogP contribution in [0.5, 0.6) is 5.75 Å². The van der Waals surface area contributed by atoms with E-state index in [2.05, 4.69) is 14.9 Å². The lowest BCUT2D eigenvalue weighted by atomic mass is 10.1. The Bertz CT molecular complexity index is 1120. The van der Waals surface area contributed by atoms with E-state index in [4.69, 9.17) is 29.3 Å². The molecule has 186 valence electrons. The summed E-state index contributed by atoms with van der Waals surface area (Å²) in [6.45, 7) is 4.28. The van der Waals surface area contributed by atoms with Crippen LogP contribution in [0.1, 0.15) is 12.5 Å². The quantitative estimate of drug-likeness (QED) is 0.220. The van der Waals surface area contributed by atoms with E-state index in [0.29, 0.717) is 32.3 Å². The number of carboxylic acids is 2. The van der Waals surface area contributed by atoms with Crippen LogP contribution in [0.2, 0.25) is 0 Å². The van der Waals surface area contributed by atoms with E-state index < -0.39 is 16.9 Å². The van der Waals surface area contributed by atoms with Gasteiger partial charge in [0.1, 0.15) is 5.75 Å². The molecule has 0 atom stereocenters. The fraction of sp³-hybridized carbons (Fsp3) is 0.261. The molecule has 0 aliphatic rings. The predicted molar refractivity (Wildman–Crippen MR) is 126 cm³/mol. The molecule has 3 N–H and O–H groups in total.